The number of aldehydes is 1. The summed E-state index contributed by atoms with van der Waals surface area (Å²) in [6, 6.07) is 9.45. The van der Waals surface area contributed by atoms with Crippen LogP contribution in [0.2, 0.25) is 0 Å². The Morgan fingerprint density at radius 2 is 1.83 bits per heavy atom. The van der Waals surface area contributed by atoms with Crippen LogP contribution in [0, 0.1) is 5.82 Å². The highest BCUT2D eigenvalue weighted by Crippen LogP contribution is 2.34. The monoisotopic (exact) mass is 443 g/mol. The lowest BCUT2D eigenvalue weighted by atomic mass is 9.96. The van der Waals surface area contributed by atoms with E-state index in [1.54, 1.807) is 31.2 Å². The maximum absolute atomic E-state index is 14.2. The fraction of sp³-hybridized carbons (Fsp3) is 0.286. The van der Waals surface area contributed by atoms with E-state index in [1.807, 2.05) is 0 Å². The van der Waals surface area contributed by atoms with E-state index >= 15 is 0 Å². The molecule has 162 valence electrons. The van der Waals surface area contributed by atoms with Crippen molar-refractivity contribution in [3.8, 4) is 11.5 Å². The molecule has 0 aromatic heterocycles. The van der Waals surface area contributed by atoms with Crippen molar-refractivity contribution in [1.82, 2.24) is 4.72 Å². The molecule has 0 aliphatic heterocycles. The van der Waals surface area contributed by atoms with Gasteiger partial charge in [-0.15, -0.1) is 0 Å². The first-order chi connectivity index (χ1) is 14.2. The van der Waals surface area contributed by atoms with Crippen molar-refractivity contribution in [2.75, 3.05) is 20.8 Å². The quantitative estimate of drug-likeness (QED) is 0.249. The molecule has 2 aromatic carbocycles. The summed E-state index contributed by atoms with van der Waals surface area (Å²) >= 11 is 0.855. The summed E-state index contributed by atoms with van der Waals surface area (Å²) in [6.07, 6.45) is -3.40. The SMILES string of the molecule is COc1cc(OC)c(/C(C)=C(\C=O)Cc2cccc(SNCC(F)(F)F)c2)cc1F. The second-order valence-electron chi connectivity index (χ2n) is 6.32. The number of hydrogen-bond acceptors (Lipinski definition) is 5. The van der Waals surface area contributed by atoms with Crippen molar-refractivity contribution < 1.29 is 31.8 Å². The number of ether oxygens (including phenoxy) is 2. The minimum Gasteiger partial charge on any atom is -0.496 e. The maximum Gasteiger partial charge on any atom is 0.402 e. The molecule has 2 aromatic rings. The van der Waals surface area contributed by atoms with Crippen LogP contribution in [0.15, 0.2) is 46.9 Å². The first-order valence-electron chi connectivity index (χ1n) is 8.80. The second kappa shape index (κ2) is 10.5. The van der Waals surface area contributed by atoms with Crippen molar-refractivity contribution in [2.24, 2.45) is 0 Å². The summed E-state index contributed by atoms with van der Waals surface area (Å²) in [5.74, 6) is -0.218. The number of allylic oxidation sites excluding steroid dienone is 2. The Kier molecular flexibility index (Phi) is 8.31. The summed E-state index contributed by atoms with van der Waals surface area (Å²) in [5, 5.41) is 0. The van der Waals surface area contributed by atoms with Gasteiger partial charge in [-0.2, -0.15) is 13.2 Å². The molecule has 0 fully saturated rings. The van der Waals surface area contributed by atoms with Crippen molar-refractivity contribution in [3.63, 3.8) is 0 Å². The lowest BCUT2D eigenvalue weighted by Crippen LogP contribution is -2.23. The van der Waals surface area contributed by atoms with Crippen LogP contribution in [0.4, 0.5) is 17.6 Å². The molecular formula is C21H21F4NO3S. The van der Waals surface area contributed by atoms with Gasteiger partial charge in [-0.1, -0.05) is 12.1 Å². The van der Waals surface area contributed by atoms with Crippen LogP contribution in [0.25, 0.3) is 5.57 Å². The molecule has 0 bridgehead atoms. The number of nitrogens with one attached hydrogen (secondary N) is 1. The van der Waals surface area contributed by atoms with Crippen LogP contribution in [0.3, 0.4) is 0 Å². The van der Waals surface area contributed by atoms with Crippen LogP contribution in [0.5, 0.6) is 11.5 Å². The second-order valence-corrected chi connectivity index (χ2v) is 7.28. The molecule has 0 aliphatic carbocycles. The van der Waals surface area contributed by atoms with Gasteiger partial charge in [0.25, 0.3) is 0 Å². The Morgan fingerprint density at radius 1 is 1.13 bits per heavy atom. The van der Waals surface area contributed by atoms with E-state index < -0.39 is 18.5 Å². The predicted octanol–water partition coefficient (Wildman–Crippen LogP) is 5.22. The fourth-order valence-corrected chi connectivity index (χ4v) is 3.49. The number of alkyl halides is 3. The first-order valence-corrected chi connectivity index (χ1v) is 9.62. The number of carbonyl (C=O) groups excluding carboxylic acids is 1. The molecule has 0 saturated heterocycles. The third kappa shape index (κ3) is 6.50. The van der Waals surface area contributed by atoms with Gasteiger partial charge in [0.2, 0.25) is 0 Å². The molecule has 0 aliphatic rings. The largest absolute Gasteiger partial charge is 0.496 e. The molecule has 0 unspecified atom stereocenters. The van der Waals surface area contributed by atoms with E-state index in [9.17, 15) is 22.4 Å². The lowest BCUT2D eigenvalue weighted by molar-refractivity contribution is -0.121. The third-order valence-electron chi connectivity index (χ3n) is 4.26. The van der Waals surface area contributed by atoms with Gasteiger partial charge < -0.3 is 9.47 Å². The van der Waals surface area contributed by atoms with Gasteiger partial charge in [0, 0.05) is 22.9 Å². The van der Waals surface area contributed by atoms with Gasteiger partial charge in [0.15, 0.2) is 11.6 Å². The number of benzene rings is 2. The predicted molar refractivity (Wildman–Crippen MR) is 108 cm³/mol. The number of carbonyl (C=O) groups is 1. The van der Waals surface area contributed by atoms with Crippen LogP contribution in [-0.2, 0) is 11.2 Å². The van der Waals surface area contributed by atoms with Gasteiger partial charge in [-0.25, -0.2) is 4.39 Å². The molecule has 1 N–H and O–H groups in total. The van der Waals surface area contributed by atoms with Crippen molar-refractivity contribution in [2.45, 2.75) is 24.4 Å². The number of methoxy groups -OCH3 is 2. The van der Waals surface area contributed by atoms with Crippen LogP contribution >= 0.6 is 11.9 Å². The zero-order chi connectivity index (χ0) is 22.3. The van der Waals surface area contributed by atoms with Crippen molar-refractivity contribution >= 4 is 23.8 Å². The van der Waals surface area contributed by atoms with Crippen LogP contribution in [0.1, 0.15) is 18.1 Å². The fourth-order valence-electron chi connectivity index (χ4n) is 2.73. The molecule has 0 radical (unpaired) electrons. The summed E-state index contributed by atoms with van der Waals surface area (Å²) in [6.45, 7) is 0.556. The van der Waals surface area contributed by atoms with E-state index in [1.165, 1.54) is 26.4 Å². The Morgan fingerprint density at radius 3 is 2.43 bits per heavy atom. The number of hydrogen-bond donors (Lipinski definition) is 1. The van der Waals surface area contributed by atoms with Gasteiger partial charge in [0.05, 0.1) is 14.2 Å². The molecule has 0 amide bonds. The summed E-state index contributed by atoms with van der Waals surface area (Å²) in [7, 11) is 2.77. The molecule has 0 saturated carbocycles. The molecule has 0 heterocycles. The Balaban J connectivity index is 2.28. The summed E-state index contributed by atoms with van der Waals surface area (Å²) < 4.78 is 63.5. The Labute approximate surface area is 176 Å². The summed E-state index contributed by atoms with van der Waals surface area (Å²) in [5.41, 5.74) is 2.05. The van der Waals surface area contributed by atoms with Crippen molar-refractivity contribution in [3.05, 3.63) is 58.9 Å². The first kappa shape index (κ1) is 23.8. The van der Waals surface area contributed by atoms with E-state index in [0.717, 1.165) is 17.5 Å². The smallest absolute Gasteiger partial charge is 0.402 e. The number of rotatable bonds is 9. The van der Waals surface area contributed by atoms with E-state index in [2.05, 4.69) is 4.72 Å². The standard InChI is InChI=1S/C21H21F4NO3S/c1-13(17-9-18(22)20(29-3)10-19(17)28-2)15(11-27)7-14-5-4-6-16(8-14)30-26-12-21(23,24)25/h4-6,8-11,26H,7,12H2,1-3H3/b15-13-. The highest BCUT2D eigenvalue weighted by molar-refractivity contribution is 7.97. The van der Waals surface area contributed by atoms with Gasteiger partial charge >= 0.3 is 6.18 Å². The topological polar surface area (TPSA) is 47.6 Å². The molecule has 2 rings (SSSR count). The van der Waals surface area contributed by atoms with Crippen molar-refractivity contribution in [1.29, 1.82) is 0 Å². The van der Waals surface area contributed by atoms with Gasteiger partial charge in [-0.05, 0) is 53.8 Å². The van der Waals surface area contributed by atoms with E-state index in [0.29, 0.717) is 33.6 Å². The lowest BCUT2D eigenvalue weighted by Gasteiger charge is -2.14. The minimum absolute atomic E-state index is 0.0205. The molecule has 0 spiro atoms. The highest BCUT2D eigenvalue weighted by Gasteiger charge is 2.26. The molecule has 4 nitrogen and oxygen atoms in total. The van der Waals surface area contributed by atoms with Crippen LogP contribution < -0.4 is 14.2 Å². The number of halogens is 4. The molecule has 9 heteroatoms. The Bertz CT molecular complexity index is 929. The maximum atomic E-state index is 14.2. The van der Waals surface area contributed by atoms with Gasteiger partial charge in [0.1, 0.15) is 18.6 Å². The molecule has 30 heavy (non-hydrogen) atoms. The highest BCUT2D eigenvalue weighted by atomic mass is 32.2. The Hall–Kier alpha value is -2.52. The third-order valence-corrected chi connectivity index (χ3v) is 5.04. The summed E-state index contributed by atoms with van der Waals surface area (Å²) in [4.78, 5) is 12.3. The average Bonchev–Trinajstić information content (AvgIpc) is 2.70. The molecular weight excluding hydrogens is 422 g/mol. The normalized spacial score (nSPS) is 12.4. The zero-order valence-electron chi connectivity index (χ0n) is 16.6. The van der Waals surface area contributed by atoms with E-state index in [4.69, 9.17) is 9.47 Å². The zero-order valence-corrected chi connectivity index (χ0v) is 17.4. The molecule has 0 atom stereocenters. The van der Waals surface area contributed by atoms with Crippen LogP contribution in [-0.4, -0.2) is 33.2 Å². The van der Waals surface area contributed by atoms with Gasteiger partial charge in [-0.3, -0.25) is 9.52 Å². The minimum atomic E-state index is -4.30. The average molecular weight is 443 g/mol. The van der Waals surface area contributed by atoms with E-state index in [-0.39, 0.29) is 12.2 Å².